The van der Waals surface area contributed by atoms with E-state index < -0.39 is 11.2 Å². The summed E-state index contributed by atoms with van der Waals surface area (Å²) in [6.45, 7) is 5.61. The Kier molecular flexibility index (Phi) is 5.39. The summed E-state index contributed by atoms with van der Waals surface area (Å²) >= 11 is 1.13. The maximum atomic E-state index is 12.4. The molecule has 0 aliphatic heterocycles. The summed E-state index contributed by atoms with van der Waals surface area (Å²) in [5, 5.41) is 11.9. The highest BCUT2D eigenvalue weighted by atomic mass is 32.2. The molecule has 6 heteroatoms. The molecule has 1 heterocycles. The molecule has 1 amide bonds. The second kappa shape index (κ2) is 7.28. The zero-order valence-corrected chi connectivity index (χ0v) is 14.0. The predicted molar refractivity (Wildman–Crippen MR) is 91.1 cm³/mol. The number of pyridine rings is 1. The van der Waals surface area contributed by atoms with Gasteiger partial charge in [0.25, 0.3) is 0 Å². The summed E-state index contributed by atoms with van der Waals surface area (Å²) in [5.74, 6) is -1.24. The van der Waals surface area contributed by atoms with Crippen LogP contribution in [0.5, 0.6) is 0 Å². The van der Waals surface area contributed by atoms with E-state index in [9.17, 15) is 9.59 Å². The van der Waals surface area contributed by atoms with Crippen LogP contribution in [0.4, 0.5) is 5.69 Å². The first kappa shape index (κ1) is 17.0. The minimum atomic E-state index is -1.05. The average molecular weight is 330 g/mol. The van der Waals surface area contributed by atoms with Gasteiger partial charge >= 0.3 is 5.97 Å². The molecule has 1 aromatic carbocycles. The van der Waals surface area contributed by atoms with Crippen molar-refractivity contribution in [3.05, 3.63) is 53.2 Å². The lowest BCUT2D eigenvalue weighted by molar-refractivity contribution is -0.115. The quantitative estimate of drug-likeness (QED) is 0.820. The van der Waals surface area contributed by atoms with E-state index in [1.54, 1.807) is 13.0 Å². The smallest absolute Gasteiger partial charge is 0.338 e. The highest BCUT2D eigenvalue weighted by Gasteiger charge is 2.20. The molecule has 0 fully saturated rings. The van der Waals surface area contributed by atoms with Crippen LogP contribution < -0.4 is 5.32 Å². The number of nitrogens with zero attached hydrogens (tertiary/aromatic N) is 1. The zero-order valence-electron chi connectivity index (χ0n) is 13.2. The van der Waals surface area contributed by atoms with Crippen molar-refractivity contribution >= 4 is 29.3 Å². The van der Waals surface area contributed by atoms with Crippen LogP contribution >= 0.6 is 11.8 Å². The fourth-order valence-electron chi connectivity index (χ4n) is 1.97. The number of aromatic nitrogens is 1. The van der Waals surface area contributed by atoms with Crippen molar-refractivity contribution in [2.45, 2.75) is 31.0 Å². The molecule has 0 unspecified atom stereocenters. The van der Waals surface area contributed by atoms with Gasteiger partial charge in [-0.05, 0) is 50.1 Å². The molecule has 2 aromatic rings. The number of rotatable bonds is 5. The third kappa shape index (κ3) is 4.32. The Morgan fingerprint density at radius 1 is 1.26 bits per heavy atom. The Morgan fingerprint density at radius 2 is 2.00 bits per heavy atom. The molecule has 2 rings (SSSR count). The Balaban J connectivity index is 2.12. The summed E-state index contributed by atoms with van der Waals surface area (Å²) in [7, 11) is 0. The van der Waals surface area contributed by atoms with Crippen LogP contribution in [0.3, 0.4) is 0 Å². The van der Waals surface area contributed by atoms with E-state index in [-0.39, 0.29) is 11.5 Å². The molecule has 0 bridgehead atoms. The second-order valence-electron chi connectivity index (χ2n) is 5.23. The first-order valence-electron chi connectivity index (χ1n) is 7.11. The SMILES string of the molecule is Cc1ccc(C)c(NC(=O)[C@H](C)Sc2ncccc2C(=O)O)c1. The maximum Gasteiger partial charge on any atom is 0.338 e. The molecule has 0 radical (unpaired) electrons. The van der Waals surface area contributed by atoms with Gasteiger partial charge < -0.3 is 10.4 Å². The van der Waals surface area contributed by atoms with E-state index in [2.05, 4.69) is 10.3 Å². The Bertz CT molecular complexity index is 746. The van der Waals surface area contributed by atoms with E-state index in [0.29, 0.717) is 5.03 Å². The maximum absolute atomic E-state index is 12.4. The standard InChI is InChI=1S/C17H18N2O3S/c1-10-6-7-11(2)14(9-10)19-15(20)12(3)23-16-13(17(21)22)5-4-8-18-16/h4-9,12H,1-3H3,(H,19,20)(H,21,22)/t12-/m0/s1. The fraction of sp³-hybridized carbons (Fsp3) is 0.235. The van der Waals surface area contributed by atoms with Crippen LogP contribution in [0.25, 0.3) is 0 Å². The van der Waals surface area contributed by atoms with Crippen molar-refractivity contribution in [2.24, 2.45) is 0 Å². The van der Waals surface area contributed by atoms with Gasteiger partial charge in [-0.3, -0.25) is 4.79 Å². The van der Waals surface area contributed by atoms with E-state index >= 15 is 0 Å². The van der Waals surface area contributed by atoms with Gasteiger partial charge in [0.2, 0.25) is 5.91 Å². The van der Waals surface area contributed by atoms with Gasteiger partial charge in [-0.1, -0.05) is 23.9 Å². The average Bonchev–Trinajstić information content (AvgIpc) is 2.51. The number of aryl methyl sites for hydroxylation is 2. The van der Waals surface area contributed by atoms with Crippen molar-refractivity contribution in [2.75, 3.05) is 5.32 Å². The molecule has 5 nitrogen and oxygen atoms in total. The lowest BCUT2D eigenvalue weighted by Crippen LogP contribution is -2.23. The number of carbonyl (C=O) groups excluding carboxylic acids is 1. The molecule has 23 heavy (non-hydrogen) atoms. The summed E-state index contributed by atoms with van der Waals surface area (Å²) in [6.07, 6.45) is 1.52. The number of nitrogens with one attached hydrogen (secondary N) is 1. The van der Waals surface area contributed by atoms with Gasteiger partial charge in [-0.15, -0.1) is 0 Å². The zero-order chi connectivity index (χ0) is 17.0. The third-order valence-corrected chi connectivity index (χ3v) is 4.43. The number of amides is 1. The molecule has 0 saturated carbocycles. The summed E-state index contributed by atoms with van der Waals surface area (Å²) in [6, 6.07) is 8.88. The van der Waals surface area contributed by atoms with Gasteiger partial charge in [0, 0.05) is 11.9 Å². The Morgan fingerprint density at radius 3 is 2.70 bits per heavy atom. The number of carbonyl (C=O) groups is 2. The number of hydrogen-bond acceptors (Lipinski definition) is 4. The number of carboxylic acids is 1. The molecule has 0 spiro atoms. The molecular weight excluding hydrogens is 312 g/mol. The lowest BCUT2D eigenvalue weighted by Gasteiger charge is -2.14. The third-order valence-electron chi connectivity index (χ3n) is 3.31. The number of carboxylic acid groups (broad SMARTS) is 1. The molecule has 0 aliphatic rings. The second-order valence-corrected chi connectivity index (χ2v) is 6.56. The van der Waals surface area contributed by atoms with Crippen LogP contribution in [0.2, 0.25) is 0 Å². The highest BCUT2D eigenvalue weighted by Crippen LogP contribution is 2.26. The van der Waals surface area contributed by atoms with Crippen LogP contribution in [0, 0.1) is 13.8 Å². The van der Waals surface area contributed by atoms with Crippen molar-refractivity contribution in [1.29, 1.82) is 0 Å². The normalized spacial score (nSPS) is 11.8. The number of anilines is 1. The summed E-state index contributed by atoms with van der Waals surface area (Å²) in [5.41, 5.74) is 2.90. The number of aromatic carboxylic acids is 1. The molecule has 120 valence electrons. The minimum absolute atomic E-state index is 0.101. The molecule has 0 saturated heterocycles. The van der Waals surface area contributed by atoms with Gasteiger partial charge in [0.15, 0.2) is 0 Å². The first-order valence-corrected chi connectivity index (χ1v) is 7.99. The molecule has 1 atom stereocenters. The van der Waals surface area contributed by atoms with Crippen LogP contribution in [-0.4, -0.2) is 27.2 Å². The van der Waals surface area contributed by atoms with Gasteiger partial charge in [-0.2, -0.15) is 0 Å². The topological polar surface area (TPSA) is 79.3 Å². The van der Waals surface area contributed by atoms with Gasteiger partial charge in [-0.25, -0.2) is 9.78 Å². The number of thioether (sulfide) groups is 1. The predicted octanol–water partition coefficient (Wildman–Crippen LogP) is 3.52. The fourth-order valence-corrected chi connectivity index (χ4v) is 2.88. The molecular formula is C17H18N2O3S. The van der Waals surface area contributed by atoms with E-state index in [1.165, 1.54) is 12.3 Å². The summed E-state index contributed by atoms with van der Waals surface area (Å²) in [4.78, 5) is 27.6. The van der Waals surface area contributed by atoms with Crippen molar-refractivity contribution in [3.63, 3.8) is 0 Å². The molecule has 0 aliphatic carbocycles. The van der Waals surface area contributed by atoms with Gasteiger partial charge in [0.05, 0.1) is 10.8 Å². The number of benzene rings is 1. The Hall–Kier alpha value is -2.34. The van der Waals surface area contributed by atoms with Crippen LogP contribution in [-0.2, 0) is 4.79 Å². The first-order chi connectivity index (χ1) is 10.9. The molecule has 2 N–H and O–H groups in total. The monoisotopic (exact) mass is 330 g/mol. The molecule has 1 aromatic heterocycles. The largest absolute Gasteiger partial charge is 0.478 e. The van der Waals surface area contributed by atoms with Gasteiger partial charge in [0.1, 0.15) is 5.03 Å². The van der Waals surface area contributed by atoms with E-state index in [4.69, 9.17) is 5.11 Å². The minimum Gasteiger partial charge on any atom is -0.478 e. The van der Waals surface area contributed by atoms with E-state index in [0.717, 1.165) is 28.6 Å². The van der Waals surface area contributed by atoms with Crippen LogP contribution in [0.1, 0.15) is 28.4 Å². The highest BCUT2D eigenvalue weighted by molar-refractivity contribution is 8.00. The Labute approximate surface area is 139 Å². The van der Waals surface area contributed by atoms with Crippen LogP contribution in [0.15, 0.2) is 41.6 Å². The lowest BCUT2D eigenvalue weighted by atomic mass is 10.1. The van der Waals surface area contributed by atoms with Crippen molar-refractivity contribution in [1.82, 2.24) is 4.98 Å². The van der Waals surface area contributed by atoms with Crippen molar-refractivity contribution in [3.8, 4) is 0 Å². The summed E-state index contributed by atoms with van der Waals surface area (Å²) < 4.78 is 0. The van der Waals surface area contributed by atoms with Crippen molar-refractivity contribution < 1.29 is 14.7 Å². The number of hydrogen-bond donors (Lipinski definition) is 2. The van der Waals surface area contributed by atoms with E-state index in [1.807, 2.05) is 32.0 Å².